The van der Waals surface area contributed by atoms with Crippen LogP contribution in [0.1, 0.15) is 36.5 Å². The number of carbonyl (C=O) groups is 1. The summed E-state index contributed by atoms with van der Waals surface area (Å²) in [5.41, 5.74) is 2.38. The van der Waals surface area contributed by atoms with Crippen molar-refractivity contribution in [3.63, 3.8) is 0 Å². The molecular formula is C23H29FN6O2S. The van der Waals surface area contributed by atoms with Crippen molar-refractivity contribution < 1.29 is 13.9 Å². The van der Waals surface area contributed by atoms with Gasteiger partial charge in [-0.3, -0.25) is 14.0 Å². The summed E-state index contributed by atoms with van der Waals surface area (Å²) in [4.78, 5) is 12.3. The second-order valence-corrected chi connectivity index (χ2v) is 9.12. The molecule has 176 valence electrons. The van der Waals surface area contributed by atoms with Gasteiger partial charge in [-0.15, -0.1) is 10.2 Å². The molecule has 1 fully saturated rings. The van der Waals surface area contributed by atoms with Gasteiger partial charge in [-0.25, -0.2) is 4.39 Å². The van der Waals surface area contributed by atoms with Crippen LogP contribution in [0.3, 0.4) is 0 Å². The molecule has 33 heavy (non-hydrogen) atoms. The average Bonchev–Trinajstić information content (AvgIpc) is 3.52. The monoisotopic (exact) mass is 472 g/mol. The molecule has 1 aromatic carbocycles. The van der Waals surface area contributed by atoms with Crippen molar-refractivity contribution in [3.8, 4) is 5.69 Å². The molecule has 2 aromatic heterocycles. The summed E-state index contributed by atoms with van der Waals surface area (Å²) >= 11 is 1.52. The number of aryl methyl sites for hydroxylation is 3. The van der Waals surface area contributed by atoms with E-state index >= 15 is 0 Å². The number of aromatic nitrogens is 5. The van der Waals surface area contributed by atoms with Gasteiger partial charge in [0.25, 0.3) is 0 Å². The zero-order chi connectivity index (χ0) is 23.2. The lowest BCUT2D eigenvalue weighted by Gasteiger charge is -2.13. The van der Waals surface area contributed by atoms with Crippen molar-refractivity contribution in [1.29, 1.82) is 0 Å². The quantitative estimate of drug-likeness (QED) is 0.456. The minimum absolute atomic E-state index is 0.0625. The minimum atomic E-state index is -0.341. The predicted molar refractivity (Wildman–Crippen MR) is 124 cm³/mol. The highest BCUT2D eigenvalue weighted by atomic mass is 32.2. The molecule has 1 aliphatic rings. The highest BCUT2D eigenvalue weighted by molar-refractivity contribution is 7.99. The van der Waals surface area contributed by atoms with E-state index in [0.29, 0.717) is 42.6 Å². The Morgan fingerprint density at radius 3 is 2.88 bits per heavy atom. The number of nitrogens with one attached hydrogen (secondary N) is 1. The molecule has 0 bridgehead atoms. The van der Waals surface area contributed by atoms with Crippen molar-refractivity contribution in [2.75, 3.05) is 18.9 Å². The Morgan fingerprint density at radius 1 is 1.30 bits per heavy atom. The normalized spacial score (nSPS) is 15.8. The summed E-state index contributed by atoms with van der Waals surface area (Å²) in [5.74, 6) is 0.947. The number of hydrogen-bond donors (Lipinski definition) is 1. The van der Waals surface area contributed by atoms with Crippen LogP contribution in [-0.2, 0) is 22.5 Å². The van der Waals surface area contributed by atoms with Crippen LogP contribution in [0, 0.1) is 19.7 Å². The van der Waals surface area contributed by atoms with Crippen LogP contribution >= 0.6 is 11.8 Å². The van der Waals surface area contributed by atoms with E-state index in [1.165, 1.54) is 17.8 Å². The molecule has 4 rings (SSSR count). The number of rotatable bonds is 10. The highest BCUT2D eigenvalue weighted by Crippen LogP contribution is 2.27. The molecule has 1 saturated heterocycles. The summed E-state index contributed by atoms with van der Waals surface area (Å²) in [5, 5.41) is 16.5. The molecular weight excluding hydrogens is 443 g/mol. The smallest absolute Gasteiger partial charge is 0.221 e. The molecule has 1 atom stereocenters. The second kappa shape index (κ2) is 10.9. The van der Waals surface area contributed by atoms with Crippen LogP contribution < -0.4 is 5.32 Å². The van der Waals surface area contributed by atoms with Gasteiger partial charge in [-0.2, -0.15) is 5.10 Å². The first-order valence-electron chi connectivity index (χ1n) is 11.2. The van der Waals surface area contributed by atoms with Gasteiger partial charge in [0.1, 0.15) is 11.6 Å². The third kappa shape index (κ3) is 6.00. The fourth-order valence-electron chi connectivity index (χ4n) is 3.88. The standard InChI is InChI=1S/C23H29FN6O2S/c1-16-14-17(2)29(28-16)12-10-22(31)25-11-9-21-26-27-23(33-15-18-6-5-13-32-18)30(21)20-8-4-3-7-19(20)24/h3-4,7-8,14,18H,5-6,9-13,15H2,1-2H3,(H,25,31)/t18-/m1/s1. The van der Waals surface area contributed by atoms with Gasteiger partial charge in [-0.05, 0) is 44.9 Å². The van der Waals surface area contributed by atoms with E-state index in [1.54, 1.807) is 22.8 Å². The zero-order valence-electron chi connectivity index (χ0n) is 19.0. The summed E-state index contributed by atoms with van der Waals surface area (Å²) in [6.07, 6.45) is 3.05. The molecule has 10 heteroatoms. The SMILES string of the molecule is Cc1cc(C)n(CCC(=O)NCCc2nnc(SC[C@H]3CCCO3)n2-c2ccccc2F)n1. The molecule has 0 radical (unpaired) electrons. The number of para-hydroxylation sites is 1. The predicted octanol–water partition coefficient (Wildman–Crippen LogP) is 3.24. The third-order valence-corrected chi connectivity index (χ3v) is 6.60. The molecule has 8 nitrogen and oxygen atoms in total. The van der Waals surface area contributed by atoms with Gasteiger partial charge in [0.05, 0.1) is 17.5 Å². The van der Waals surface area contributed by atoms with Crippen LogP contribution in [0.4, 0.5) is 4.39 Å². The zero-order valence-corrected chi connectivity index (χ0v) is 19.8. The lowest BCUT2D eigenvalue weighted by Crippen LogP contribution is -2.27. The molecule has 0 aliphatic carbocycles. The number of halogens is 1. The average molecular weight is 473 g/mol. The Hall–Kier alpha value is -2.72. The first-order valence-corrected chi connectivity index (χ1v) is 12.2. The van der Waals surface area contributed by atoms with Crippen molar-refractivity contribution in [2.24, 2.45) is 0 Å². The Bertz CT molecular complexity index is 1090. The van der Waals surface area contributed by atoms with Gasteiger partial charge in [-0.1, -0.05) is 23.9 Å². The molecule has 3 heterocycles. The largest absolute Gasteiger partial charge is 0.377 e. The van der Waals surface area contributed by atoms with Crippen LogP contribution in [-0.4, -0.2) is 55.5 Å². The van der Waals surface area contributed by atoms with E-state index in [-0.39, 0.29) is 17.8 Å². The molecule has 1 aliphatic heterocycles. The number of hydrogen-bond acceptors (Lipinski definition) is 6. The van der Waals surface area contributed by atoms with Crippen LogP contribution in [0.5, 0.6) is 0 Å². The minimum Gasteiger partial charge on any atom is -0.377 e. The number of ether oxygens (including phenoxy) is 1. The van der Waals surface area contributed by atoms with Crippen molar-refractivity contribution in [3.05, 3.63) is 53.4 Å². The molecule has 3 aromatic rings. The summed E-state index contributed by atoms with van der Waals surface area (Å²) < 4.78 is 23.9. The fraction of sp³-hybridized carbons (Fsp3) is 0.478. The Kier molecular flexibility index (Phi) is 7.77. The van der Waals surface area contributed by atoms with E-state index in [4.69, 9.17) is 4.74 Å². The number of thioether (sulfide) groups is 1. The Morgan fingerprint density at radius 2 is 2.15 bits per heavy atom. The van der Waals surface area contributed by atoms with E-state index in [1.807, 2.05) is 24.6 Å². The van der Waals surface area contributed by atoms with Gasteiger partial charge in [0.15, 0.2) is 5.16 Å². The van der Waals surface area contributed by atoms with Gasteiger partial charge in [0.2, 0.25) is 5.91 Å². The van der Waals surface area contributed by atoms with E-state index in [9.17, 15) is 9.18 Å². The maximum atomic E-state index is 14.6. The van der Waals surface area contributed by atoms with E-state index < -0.39 is 0 Å². The first-order chi connectivity index (χ1) is 16.0. The Balaban J connectivity index is 1.38. The topological polar surface area (TPSA) is 86.9 Å². The molecule has 1 amide bonds. The van der Waals surface area contributed by atoms with Crippen molar-refractivity contribution in [2.45, 2.75) is 57.3 Å². The van der Waals surface area contributed by atoms with Gasteiger partial charge < -0.3 is 10.1 Å². The number of nitrogens with zero attached hydrogens (tertiary/aromatic N) is 5. The van der Waals surface area contributed by atoms with Crippen molar-refractivity contribution >= 4 is 17.7 Å². The highest BCUT2D eigenvalue weighted by Gasteiger charge is 2.21. The number of carbonyl (C=O) groups excluding carboxylic acids is 1. The molecule has 0 unspecified atom stereocenters. The van der Waals surface area contributed by atoms with Gasteiger partial charge in [0, 0.05) is 44.0 Å². The van der Waals surface area contributed by atoms with Crippen LogP contribution in [0.2, 0.25) is 0 Å². The third-order valence-electron chi connectivity index (χ3n) is 5.54. The van der Waals surface area contributed by atoms with Crippen molar-refractivity contribution in [1.82, 2.24) is 29.9 Å². The van der Waals surface area contributed by atoms with Crippen LogP contribution in [0.25, 0.3) is 5.69 Å². The Labute approximate surface area is 196 Å². The van der Waals surface area contributed by atoms with E-state index in [0.717, 1.165) is 36.6 Å². The molecule has 0 saturated carbocycles. The lowest BCUT2D eigenvalue weighted by molar-refractivity contribution is -0.121. The molecule has 0 spiro atoms. The second-order valence-electron chi connectivity index (χ2n) is 8.13. The molecule has 1 N–H and O–H groups in total. The van der Waals surface area contributed by atoms with Gasteiger partial charge >= 0.3 is 0 Å². The lowest BCUT2D eigenvalue weighted by atomic mass is 10.3. The summed E-state index contributed by atoms with van der Waals surface area (Å²) in [7, 11) is 0. The van der Waals surface area contributed by atoms with Crippen LogP contribution in [0.15, 0.2) is 35.5 Å². The maximum absolute atomic E-state index is 14.6. The first kappa shape index (κ1) is 23.4. The number of benzene rings is 1. The van der Waals surface area contributed by atoms with E-state index in [2.05, 4.69) is 20.6 Å². The number of amides is 1. The fourth-order valence-corrected chi connectivity index (χ4v) is 4.91. The summed E-state index contributed by atoms with van der Waals surface area (Å²) in [6, 6.07) is 8.57. The maximum Gasteiger partial charge on any atom is 0.221 e. The summed E-state index contributed by atoms with van der Waals surface area (Å²) in [6.45, 7) is 5.61.